The Morgan fingerprint density at radius 3 is 2.56 bits per heavy atom. The van der Waals surface area contributed by atoms with Gasteiger partial charge in [-0.05, 0) is 42.5 Å². The van der Waals surface area contributed by atoms with Crippen LogP contribution in [0.5, 0.6) is 0 Å². The third-order valence-electron chi connectivity index (χ3n) is 3.57. The van der Waals surface area contributed by atoms with Gasteiger partial charge in [0.2, 0.25) is 0 Å². The number of carbonyl (C=O) groups is 1. The fraction of sp³-hybridized carbons (Fsp3) is 0. The Labute approximate surface area is 142 Å². The molecule has 122 valence electrons. The molecule has 0 atom stereocenters. The van der Waals surface area contributed by atoms with E-state index in [0.29, 0.717) is 17.1 Å². The third-order valence-corrected chi connectivity index (χ3v) is 3.57. The van der Waals surface area contributed by atoms with Crippen LogP contribution < -0.4 is 5.32 Å². The van der Waals surface area contributed by atoms with E-state index in [1.54, 1.807) is 76.7 Å². The molecule has 8 heteroatoms. The zero-order chi connectivity index (χ0) is 17.1. The summed E-state index contributed by atoms with van der Waals surface area (Å²) in [5, 5.41) is 11.1. The largest absolute Gasteiger partial charge is 0.319 e. The van der Waals surface area contributed by atoms with Gasteiger partial charge in [-0.1, -0.05) is 0 Å². The summed E-state index contributed by atoms with van der Waals surface area (Å²) in [5.41, 5.74) is 1.93. The topological polar surface area (TPSA) is 90.5 Å². The van der Waals surface area contributed by atoms with Crippen molar-refractivity contribution >= 4 is 11.6 Å². The predicted molar refractivity (Wildman–Crippen MR) is 90.7 cm³/mol. The fourth-order valence-corrected chi connectivity index (χ4v) is 2.37. The van der Waals surface area contributed by atoms with Gasteiger partial charge in [0.25, 0.3) is 5.91 Å². The summed E-state index contributed by atoms with van der Waals surface area (Å²) in [5.74, 6) is 0.326. The van der Waals surface area contributed by atoms with Crippen molar-refractivity contribution in [3.63, 3.8) is 0 Å². The number of hydrogen-bond acceptors (Lipinski definition) is 5. The van der Waals surface area contributed by atoms with Gasteiger partial charge in [0, 0.05) is 24.2 Å². The maximum atomic E-state index is 12.5. The second kappa shape index (κ2) is 6.36. The number of amides is 1. The van der Waals surface area contributed by atoms with E-state index in [4.69, 9.17) is 0 Å². The molecule has 3 heterocycles. The number of aromatic nitrogens is 6. The van der Waals surface area contributed by atoms with E-state index in [-0.39, 0.29) is 5.91 Å². The molecule has 1 aromatic carbocycles. The molecule has 3 aromatic heterocycles. The monoisotopic (exact) mass is 331 g/mol. The van der Waals surface area contributed by atoms with Gasteiger partial charge < -0.3 is 5.32 Å². The molecule has 0 bridgehead atoms. The summed E-state index contributed by atoms with van der Waals surface area (Å²) in [6.45, 7) is 0. The number of rotatable bonds is 4. The van der Waals surface area contributed by atoms with Crippen molar-refractivity contribution < 1.29 is 4.79 Å². The average Bonchev–Trinajstić information content (AvgIpc) is 3.36. The highest BCUT2D eigenvalue weighted by atomic mass is 16.1. The highest BCUT2D eigenvalue weighted by Crippen LogP contribution is 2.17. The van der Waals surface area contributed by atoms with E-state index in [9.17, 15) is 4.79 Å². The van der Waals surface area contributed by atoms with Gasteiger partial charge in [-0.3, -0.25) is 4.79 Å². The summed E-state index contributed by atoms with van der Waals surface area (Å²) >= 11 is 0. The Kier molecular flexibility index (Phi) is 3.76. The molecular weight excluding hydrogens is 318 g/mol. The standard InChI is InChI=1S/C17H13N7O/c25-17(13-4-6-14(7-5-13)24-12-18-11-21-24)22-15-3-1-8-19-16(15)23-10-2-9-20-23/h1-12H,(H,22,25). The summed E-state index contributed by atoms with van der Waals surface area (Å²) < 4.78 is 3.22. The highest BCUT2D eigenvalue weighted by molar-refractivity contribution is 6.05. The summed E-state index contributed by atoms with van der Waals surface area (Å²) in [7, 11) is 0. The first kappa shape index (κ1) is 14.8. The number of pyridine rings is 1. The van der Waals surface area contributed by atoms with Crippen LogP contribution in [-0.2, 0) is 0 Å². The Morgan fingerprint density at radius 1 is 0.960 bits per heavy atom. The lowest BCUT2D eigenvalue weighted by atomic mass is 10.2. The van der Waals surface area contributed by atoms with Gasteiger partial charge in [-0.25, -0.2) is 19.3 Å². The SMILES string of the molecule is O=C(Nc1cccnc1-n1cccn1)c1ccc(-n2cncn2)cc1. The van der Waals surface area contributed by atoms with E-state index in [1.807, 2.05) is 0 Å². The van der Waals surface area contributed by atoms with Crippen LogP contribution in [0.15, 0.2) is 73.7 Å². The molecule has 0 spiro atoms. The third kappa shape index (κ3) is 3.00. The quantitative estimate of drug-likeness (QED) is 0.618. The van der Waals surface area contributed by atoms with Gasteiger partial charge in [0.15, 0.2) is 5.82 Å². The Hall–Kier alpha value is -3.81. The zero-order valence-corrected chi connectivity index (χ0v) is 13.0. The van der Waals surface area contributed by atoms with Crippen molar-refractivity contribution in [3.8, 4) is 11.5 Å². The van der Waals surface area contributed by atoms with Crippen LogP contribution in [0, 0.1) is 0 Å². The minimum absolute atomic E-state index is 0.230. The summed E-state index contributed by atoms with van der Waals surface area (Å²) in [6, 6.07) is 12.4. The molecule has 0 aliphatic carbocycles. The van der Waals surface area contributed by atoms with Gasteiger partial charge in [-0.15, -0.1) is 0 Å². The van der Waals surface area contributed by atoms with Gasteiger partial charge in [0.1, 0.15) is 12.7 Å². The van der Waals surface area contributed by atoms with Gasteiger partial charge in [-0.2, -0.15) is 10.2 Å². The molecule has 4 aromatic rings. The fourth-order valence-electron chi connectivity index (χ4n) is 2.37. The molecule has 0 fully saturated rings. The molecule has 0 radical (unpaired) electrons. The second-order valence-electron chi connectivity index (χ2n) is 5.17. The van der Waals surface area contributed by atoms with E-state index in [2.05, 4.69) is 25.5 Å². The second-order valence-corrected chi connectivity index (χ2v) is 5.17. The lowest BCUT2D eigenvalue weighted by Gasteiger charge is -2.10. The first-order chi connectivity index (χ1) is 12.3. The molecule has 4 rings (SSSR count). The molecule has 0 aliphatic rings. The number of anilines is 1. The van der Waals surface area contributed by atoms with Crippen molar-refractivity contribution in [2.24, 2.45) is 0 Å². The molecule has 1 amide bonds. The van der Waals surface area contributed by atoms with E-state index in [0.717, 1.165) is 5.69 Å². The number of carbonyl (C=O) groups excluding carboxylic acids is 1. The Morgan fingerprint density at radius 2 is 1.84 bits per heavy atom. The summed E-state index contributed by atoms with van der Waals surface area (Å²) in [4.78, 5) is 20.7. The molecule has 1 N–H and O–H groups in total. The minimum Gasteiger partial charge on any atom is -0.319 e. The van der Waals surface area contributed by atoms with Gasteiger partial charge in [0.05, 0.1) is 11.4 Å². The first-order valence-corrected chi connectivity index (χ1v) is 7.53. The van der Waals surface area contributed by atoms with Crippen molar-refractivity contribution in [2.75, 3.05) is 5.32 Å². The molecule has 0 unspecified atom stereocenters. The Balaban J connectivity index is 1.57. The number of nitrogens with one attached hydrogen (secondary N) is 1. The van der Waals surface area contributed by atoms with Gasteiger partial charge >= 0.3 is 0 Å². The van der Waals surface area contributed by atoms with E-state index < -0.39 is 0 Å². The van der Waals surface area contributed by atoms with E-state index >= 15 is 0 Å². The molecule has 0 saturated carbocycles. The average molecular weight is 331 g/mol. The molecular formula is C17H13N7O. The maximum absolute atomic E-state index is 12.5. The number of nitrogens with zero attached hydrogens (tertiary/aromatic N) is 6. The van der Waals surface area contributed by atoms with Crippen LogP contribution in [0.4, 0.5) is 5.69 Å². The van der Waals surface area contributed by atoms with Crippen LogP contribution in [0.2, 0.25) is 0 Å². The van der Waals surface area contributed by atoms with Crippen molar-refractivity contribution in [1.29, 1.82) is 0 Å². The van der Waals surface area contributed by atoms with Crippen molar-refractivity contribution in [1.82, 2.24) is 29.5 Å². The van der Waals surface area contributed by atoms with Crippen LogP contribution >= 0.6 is 0 Å². The van der Waals surface area contributed by atoms with E-state index in [1.165, 1.54) is 6.33 Å². The maximum Gasteiger partial charge on any atom is 0.255 e. The minimum atomic E-state index is -0.230. The smallest absolute Gasteiger partial charge is 0.255 e. The molecule has 0 saturated heterocycles. The van der Waals surface area contributed by atoms with Crippen molar-refractivity contribution in [2.45, 2.75) is 0 Å². The molecule has 25 heavy (non-hydrogen) atoms. The van der Waals surface area contributed by atoms with Crippen LogP contribution in [-0.4, -0.2) is 35.4 Å². The highest BCUT2D eigenvalue weighted by Gasteiger charge is 2.11. The summed E-state index contributed by atoms with van der Waals surface area (Å²) in [6.07, 6.45) is 8.13. The van der Waals surface area contributed by atoms with Crippen LogP contribution in [0.1, 0.15) is 10.4 Å². The Bertz CT molecular complexity index is 976. The first-order valence-electron chi connectivity index (χ1n) is 7.53. The molecule has 0 aliphatic heterocycles. The zero-order valence-electron chi connectivity index (χ0n) is 13.0. The van der Waals surface area contributed by atoms with Crippen LogP contribution in [0.25, 0.3) is 11.5 Å². The predicted octanol–water partition coefficient (Wildman–Crippen LogP) is 2.10. The lowest BCUT2D eigenvalue weighted by Crippen LogP contribution is -2.14. The normalized spacial score (nSPS) is 10.6. The number of benzene rings is 1. The van der Waals surface area contributed by atoms with Crippen LogP contribution in [0.3, 0.4) is 0 Å². The number of hydrogen-bond donors (Lipinski definition) is 1. The van der Waals surface area contributed by atoms with Crippen molar-refractivity contribution in [3.05, 3.63) is 79.3 Å². The molecule has 8 nitrogen and oxygen atoms in total. The lowest BCUT2D eigenvalue weighted by molar-refractivity contribution is 0.102.